The van der Waals surface area contributed by atoms with Crippen molar-refractivity contribution < 1.29 is 19.2 Å². The van der Waals surface area contributed by atoms with Crippen molar-refractivity contribution in [3.05, 3.63) is 45.3 Å². The molecule has 2 aromatic rings. The zero-order chi connectivity index (χ0) is 14.9. The SMILES string of the molecule is Cc1cc(C(=O)Nc2c(Cl)cc(C(=O)O)cc2Cl)no1. The number of rotatable bonds is 3. The smallest absolute Gasteiger partial charge is 0.335 e. The van der Waals surface area contributed by atoms with Crippen molar-refractivity contribution in [3.8, 4) is 0 Å². The summed E-state index contributed by atoms with van der Waals surface area (Å²) in [6.45, 7) is 1.64. The van der Waals surface area contributed by atoms with E-state index in [0.29, 0.717) is 5.76 Å². The molecule has 0 aliphatic heterocycles. The van der Waals surface area contributed by atoms with E-state index in [1.54, 1.807) is 6.92 Å². The minimum Gasteiger partial charge on any atom is -0.478 e. The van der Waals surface area contributed by atoms with Gasteiger partial charge in [0.1, 0.15) is 5.76 Å². The van der Waals surface area contributed by atoms with Crippen molar-refractivity contribution in [2.24, 2.45) is 0 Å². The summed E-state index contributed by atoms with van der Waals surface area (Å²) in [6, 6.07) is 3.83. The highest BCUT2D eigenvalue weighted by molar-refractivity contribution is 6.40. The van der Waals surface area contributed by atoms with E-state index in [4.69, 9.17) is 32.8 Å². The average Bonchev–Trinajstić information content (AvgIpc) is 2.80. The van der Waals surface area contributed by atoms with Crippen LogP contribution in [0.4, 0.5) is 5.69 Å². The number of amides is 1. The first-order chi connectivity index (χ1) is 9.38. The number of hydrogen-bond donors (Lipinski definition) is 2. The fourth-order valence-corrected chi connectivity index (χ4v) is 2.05. The lowest BCUT2D eigenvalue weighted by Gasteiger charge is -2.09. The predicted octanol–water partition coefficient (Wildman–Crippen LogP) is 3.24. The first-order valence-electron chi connectivity index (χ1n) is 5.35. The predicted molar refractivity (Wildman–Crippen MR) is 72.6 cm³/mol. The van der Waals surface area contributed by atoms with Crippen molar-refractivity contribution in [2.75, 3.05) is 5.32 Å². The van der Waals surface area contributed by atoms with Gasteiger partial charge in [-0.15, -0.1) is 0 Å². The molecule has 8 heteroatoms. The van der Waals surface area contributed by atoms with Gasteiger partial charge in [0.2, 0.25) is 0 Å². The van der Waals surface area contributed by atoms with Gasteiger partial charge in [-0.3, -0.25) is 4.79 Å². The number of hydrogen-bond acceptors (Lipinski definition) is 4. The third-order valence-electron chi connectivity index (χ3n) is 2.39. The lowest BCUT2D eigenvalue weighted by Crippen LogP contribution is -2.13. The summed E-state index contributed by atoms with van der Waals surface area (Å²) in [5.41, 5.74) is 0.108. The van der Waals surface area contributed by atoms with E-state index in [0.717, 1.165) is 0 Å². The summed E-state index contributed by atoms with van der Waals surface area (Å²) in [6.07, 6.45) is 0. The number of aromatic carboxylic acids is 1. The molecule has 2 rings (SSSR count). The Bertz CT molecular complexity index is 674. The van der Waals surface area contributed by atoms with E-state index in [1.165, 1.54) is 18.2 Å². The molecule has 0 aliphatic carbocycles. The molecule has 1 aromatic carbocycles. The van der Waals surface area contributed by atoms with Crippen LogP contribution in [0.5, 0.6) is 0 Å². The quantitative estimate of drug-likeness (QED) is 0.907. The van der Waals surface area contributed by atoms with Crippen molar-refractivity contribution in [1.29, 1.82) is 0 Å². The lowest BCUT2D eigenvalue weighted by molar-refractivity contribution is 0.0696. The van der Waals surface area contributed by atoms with Gasteiger partial charge in [0.05, 0.1) is 21.3 Å². The topological polar surface area (TPSA) is 92.4 Å². The molecule has 0 saturated carbocycles. The number of anilines is 1. The highest BCUT2D eigenvalue weighted by Gasteiger charge is 2.17. The Hall–Kier alpha value is -2.05. The van der Waals surface area contributed by atoms with Crippen molar-refractivity contribution in [3.63, 3.8) is 0 Å². The number of carboxylic acids is 1. The fraction of sp³-hybridized carbons (Fsp3) is 0.0833. The Kier molecular flexibility index (Phi) is 3.96. The third kappa shape index (κ3) is 2.92. The Morgan fingerprint density at radius 2 is 1.85 bits per heavy atom. The van der Waals surface area contributed by atoms with Gasteiger partial charge in [0.15, 0.2) is 5.69 Å². The summed E-state index contributed by atoms with van der Waals surface area (Å²) in [5.74, 6) is -1.25. The molecule has 1 heterocycles. The van der Waals surface area contributed by atoms with Crippen LogP contribution < -0.4 is 5.32 Å². The minimum atomic E-state index is -1.17. The van der Waals surface area contributed by atoms with Crippen LogP contribution in [0.2, 0.25) is 10.0 Å². The molecule has 2 N–H and O–H groups in total. The maximum absolute atomic E-state index is 11.9. The number of nitrogens with one attached hydrogen (secondary N) is 1. The second kappa shape index (κ2) is 5.52. The first kappa shape index (κ1) is 14.4. The van der Waals surface area contributed by atoms with Gasteiger partial charge >= 0.3 is 5.97 Å². The molecule has 1 amide bonds. The Balaban J connectivity index is 2.30. The number of carboxylic acid groups (broad SMARTS) is 1. The first-order valence-corrected chi connectivity index (χ1v) is 6.11. The Labute approximate surface area is 123 Å². The molecular weight excluding hydrogens is 307 g/mol. The van der Waals surface area contributed by atoms with Crippen LogP contribution in [0, 0.1) is 6.92 Å². The van der Waals surface area contributed by atoms with E-state index in [-0.39, 0.29) is 27.0 Å². The van der Waals surface area contributed by atoms with Crippen LogP contribution in [0.3, 0.4) is 0 Å². The molecule has 0 radical (unpaired) electrons. The van der Waals surface area contributed by atoms with Gasteiger partial charge in [-0.2, -0.15) is 0 Å². The van der Waals surface area contributed by atoms with E-state index < -0.39 is 11.9 Å². The molecule has 0 bridgehead atoms. The summed E-state index contributed by atoms with van der Waals surface area (Å²) >= 11 is 11.8. The Morgan fingerprint density at radius 1 is 1.25 bits per heavy atom. The van der Waals surface area contributed by atoms with Crippen LogP contribution in [0.25, 0.3) is 0 Å². The van der Waals surface area contributed by atoms with Gasteiger partial charge in [-0.25, -0.2) is 4.79 Å². The van der Waals surface area contributed by atoms with Crippen molar-refractivity contribution >= 4 is 40.8 Å². The second-order valence-electron chi connectivity index (χ2n) is 3.90. The fourth-order valence-electron chi connectivity index (χ4n) is 1.47. The van der Waals surface area contributed by atoms with Crippen LogP contribution in [0.1, 0.15) is 26.6 Å². The maximum atomic E-state index is 11.9. The maximum Gasteiger partial charge on any atom is 0.335 e. The number of halogens is 2. The van der Waals surface area contributed by atoms with Crippen LogP contribution in [-0.4, -0.2) is 22.1 Å². The van der Waals surface area contributed by atoms with Gasteiger partial charge in [-0.1, -0.05) is 28.4 Å². The third-order valence-corrected chi connectivity index (χ3v) is 2.98. The standard InChI is InChI=1S/C12H8Cl2N2O4/c1-5-2-9(16-20-5)11(17)15-10-7(13)3-6(12(18)19)4-8(10)14/h2-4H,1H3,(H,15,17)(H,18,19). The van der Waals surface area contributed by atoms with Crippen molar-refractivity contribution in [2.45, 2.75) is 6.92 Å². The number of carbonyl (C=O) groups excluding carboxylic acids is 1. The number of aromatic nitrogens is 1. The van der Waals surface area contributed by atoms with Gasteiger partial charge in [-0.05, 0) is 19.1 Å². The molecule has 1 aromatic heterocycles. The van der Waals surface area contributed by atoms with E-state index in [2.05, 4.69) is 10.5 Å². The summed E-state index contributed by atoms with van der Waals surface area (Å²) in [5, 5.41) is 14.9. The molecule has 0 saturated heterocycles. The van der Waals surface area contributed by atoms with Crippen LogP contribution >= 0.6 is 23.2 Å². The lowest BCUT2D eigenvalue weighted by atomic mass is 10.2. The number of aryl methyl sites for hydroxylation is 1. The average molecular weight is 315 g/mol. The Morgan fingerprint density at radius 3 is 2.30 bits per heavy atom. The second-order valence-corrected chi connectivity index (χ2v) is 4.71. The van der Waals surface area contributed by atoms with Crippen LogP contribution in [-0.2, 0) is 0 Å². The highest BCUT2D eigenvalue weighted by atomic mass is 35.5. The molecule has 0 spiro atoms. The number of carbonyl (C=O) groups is 2. The normalized spacial score (nSPS) is 10.3. The van der Waals surface area contributed by atoms with E-state index in [1.807, 2.05) is 0 Å². The summed E-state index contributed by atoms with van der Waals surface area (Å²) in [7, 11) is 0. The zero-order valence-electron chi connectivity index (χ0n) is 10.1. The van der Waals surface area contributed by atoms with E-state index >= 15 is 0 Å². The van der Waals surface area contributed by atoms with Gasteiger partial charge < -0.3 is 14.9 Å². The van der Waals surface area contributed by atoms with Gasteiger partial charge in [0, 0.05) is 6.07 Å². The summed E-state index contributed by atoms with van der Waals surface area (Å²) in [4.78, 5) is 22.7. The molecule has 0 fully saturated rings. The largest absolute Gasteiger partial charge is 0.478 e. The van der Waals surface area contributed by atoms with Gasteiger partial charge in [0.25, 0.3) is 5.91 Å². The number of nitrogens with zero attached hydrogens (tertiary/aromatic N) is 1. The molecule has 0 atom stereocenters. The minimum absolute atomic E-state index is 0.0171. The highest BCUT2D eigenvalue weighted by Crippen LogP contribution is 2.32. The molecule has 104 valence electrons. The molecule has 0 unspecified atom stereocenters. The monoisotopic (exact) mass is 314 g/mol. The molecule has 0 aliphatic rings. The number of benzene rings is 1. The summed E-state index contributed by atoms with van der Waals surface area (Å²) < 4.78 is 4.78. The van der Waals surface area contributed by atoms with Crippen molar-refractivity contribution in [1.82, 2.24) is 5.16 Å². The van der Waals surface area contributed by atoms with E-state index in [9.17, 15) is 9.59 Å². The molecule has 6 nitrogen and oxygen atoms in total. The van der Waals surface area contributed by atoms with Crippen LogP contribution in [0.15, 0.2) is 22.7 Å². The molecule has 20 heavy (non-hydrogen) atoms. The zero-order valence-corrected chi connectivity index (χ0v) is 11.6. The molecular formula is C12H8Cl2N2O4.